The van der Waals surface area contributed by atoms with Gasteiger partial charge >= 0.3 is 5.97 Å². The Hall–Kier alpha value is -4.08. The van der Waals surface area contributed by atoms with Crippen LogP contribution in [0, 0.1) is 23.7 Å². The maximum Gasteiger partial charge on any atom is 0.353 e. The minimum Gasteiger partial charge on any atom is -0.422 e. The number of hydrogen-bond donors (Lipinski definition) is 0. The largest absolute Gasteiger partial charge is 0.422 e. The number of carbonyl (C=O) groups is 5. The summed E-state index contributed by atoms with van der Waals surface area (Å²) in [6.45, 7) is -0.532. The van der Waals surface area contributed by atoms with Gasteiger partial charge in [-0.2, -0.15) is 5.01 Å². The van der Waals surface area contributed by atoms with Gasteiger partial charge in [0.1, 0.15) is 17.2 Å². The van der Waals surface area contributed by atoms with Crippen molar-refractivity contribution in [2.24, 2.45) is 23.7 Å². The number of thiophene rings is 1. The SMILES string of the molecule is O=C(CN(C(=O)c1ccc(Cl)cc1)N1C(=O)[C@@H]2[C@@H](C1=O)[C@H]1C=C[C@H]2C1)c1ccc(OC(=O)c2cccs2)cc1. The smallest absolute Gasteiger partial charge is 0.353 e. The number of hydrazine groups is 1. The molecule has 1 aromatic heterocycles. The second-order valence-corrected chi connectivity index (χ2v) is 11.1. The summed E-state index contributed by atoms with van der Waals surface area (Å²) in [6, 6.07) is 15.3. The molecule has 0 spiro atoms. The van der Waals surface area contributed by atoms with Gasteiger partial charge in [0.2, 0.25) is 0 Å². The monoisotopic (exact) mass is 560 g/mol. The van der Waals surface area contributed by atoms with Crippen molar-refractivity contribution in [3.05, 3.63) is 99.2 Å². The van der Waals surface area contributed by atoms with Crippen LogP contribution in [0.15, 0.2) is 78.2 Å². The van der Waals surface area contributed by atoms with Crippen LogP contribution in [0.2, 0.25) is 5.02 Å². The molecule has 3 aliphatic rings. The van der Waals surface area contributed by atoms with E-state index in [0.717, 1.165) is 16.4 Å². The molecule has 0 radical (unpaired) electrons. The molecule has 2 aromatic carbocycles. The second kappa shape index (κ2) is 9.91. The van der Waals surface area contributed by atoms with Gasteiger partial charge in [-0.1, -0.05) is 29.8 Å². The second-order valence-electron chi connectivity index (χ2n) is 9.67. The predicted octanol–water partition coefficient (Wildman–Crippen LogP) is 4.67. The van der Waals surface area contributed by atoms with Gasteiger partial charge in [0.15, 0.2) is 5.78 Å². The number of ketones is 1. The fourth-order valence-electron chi connectivity index (χ4n) is 5.59. The lowest BCUT2D eigenvalue weighted by atomic mass is 9.85. The number of benzene rings is 2. The van der Waals surface area contributed by atoms with Gasteiger partial charge in [0, 0.05) is 16.1 Å². The molecule has 10 heteroatoms. The Balaban J connectivity index is 1.25. The van der Waals surface area contributed by atoms with E-state index in [1.807, 2.05) is 12.2 Å². The van der Waals surface area contributed by atoms with Crippen LogP contribution in [0.25, 0.3) is 0 Å². The first-order chi connectivity index (χ1) is 18.8. The third-order valence-corrected chi connectivity index (χ3v) is 8.52. The van der Waals surface area contributed by atoms with E-state index < -0.39 is 47.9 Å². The van der Waals surface area contributed by atoms with E-state index in [1.54, 1.807) is 17.5 Å². The predicted molar refractivity (Wildman–Crippen MR) is 142 cm³/mol. The third kappa shape index (κ3) is 4.47. The maximum absolute atomic E-state index is 13.6. The zero-order valence-corrected chi connectivity index (χ0v) is 21.9. The molecule has 39 heavy (non-hydrogen) atoms. The molecule has 1 saturated heterocycles. The average molecular weight is 561 g/mol. The van der Waals surface area contributed by atoms with Crippen molar-refractivity contribution < 1.29 is 28.7 Å². The molecule has 6 rings (SSSR count). The quantitative estimate of drug-likeness (QED) is 0.137. The number of rotatable bonds is 7. The molecular weight excluding hydrogens is 540 g/mol. The van der Waals surface area contributed by atoms with Crippen LogP contribution in [-0.2, 0) is 9.59 Å². The highest BCUT2D eigenvalue weighted by molar-refractivity contribution is 7.12. The molecule has 8 nitrogen and oxygen atoms in total. The first-order valence-electron chi connectivity index (χ1n) is 12.3. The Bertz CT molecular complexity index is 1490. The van der Waals surface area contributed by atoms with Crippen LogP contribution in [0.4, 0.5) is 0 Å². The van der Waals surface area contributed by atoms with Crippen molar-refractivity contribution in [3.63, 3.8) is 0 Å². The molecule has 2 fully saturated rings. The molecular formula is C29H21ClN2O6S. The van der Waals surface area contributed by atoms with Gasteiger partial charge in [-0.05, 0) is 78.2 Å². The number of allylic oxidation sites excluding steroid dienone is 2. The van der Waals surface area contributed by atoms with E-state index in [2.05, 4.69) is 0 Å². The Labute approximate surface area is 232 Å². The molecule has 1 saturated carbocycles. The van der Waals surface area contributed by atoms with E-state index in [4.69, 9.17) is 16.3 Å². The number of fused-ring (bicyclic) bond motifs is 5. The van der Waals surface area contributed by atoms with E-state index in [-0.39, 0.29) is 28.7 Å². The minimum absolute atomic E-state index is 0.0472. The zero-order chi connectivity index (χ0) is 27.3. The summed E-state index contributed by atoms with van der Waals surface area (Å²) >= 11 is 7.23. The Morgan fingerprint density at radius 3 is 2.10 bits per heavy atom. The highest BCUT2D eigenvalue weighted by Crippen LogP contribution is 2.52. The van der Waals surface area contributed by atoms with Crippen molar-refractivity contribution in [2.45, 2.75) is 6.42 Å². The van der Waals surface area contributed by atoms with Gasteiger partial charge in [-0.3, -0.25) is 19.2 Å². The molecule has 196 valence electrons. The van der Waals surface area contributed by atoms with Gasteiger partial charge in [0.05, 0.1) is 11.8 Å². The Morgan fingerprint density at radius 1 is 0.897 bits per heavy atom. The number of Topliss-reactive ketones (excluding diaryl/α,β-unsaturated/α-hetero) is 1. The number of ether oxygens (including phenoxy) is 1. The standard InChI is InChI=1S/C29H21ClN2O6S/c30-20-9-5-17(6-10-20)26(34)31(32-27(35)24-18-3-4-19(14-18)25(24)28(32)36)15-22(33)16-7-11-21(12-8-16)38-29(37)23-2-1-13-39-23/h1-13,18-19,24-25H,14-15H2/t18-,19-,24-,25-/m0/s1. The fraction of sp³-hybridized carbons (Fsp3) is 0.207. The lowest BCUT2D eigenvalue weighted by Crippen LogP contribution is -2.52. The molecule has 2 aliphatic carbocycles. The first-order valence-corrected chi connectivity index (χ1v) is 13.6. The van der Waals surface area contributed by atoms with Crippen molar-refractivity contribution >= 4 is 52.4 Å². The van der Waals surface area contributed by atoms with Crippen molar-refractivity contribution in [3.8, 4) is 5.75 Å². The number of nitrogens with zero attached hydrogens (tertiary/aromatic N) is 2. The van der Waals surface area contributed by atoms with Crippen molar-refractivity contribution in [1.29, 1.82) is 0 Å². The molecule has 2 bridgehead atoms. The number of hydrogen-bond acceptors (Lipinski definition) is 7. The van der Waals surface area contributed by atoms with Crippen LogP contribution < -0.4 is 4.74 Å². The fourth-order valence-corrected chi connectivity index (χ4v) is 6.31. The summed E-state index contributed by atoms with van der Waals surface area (Å²) in [5, 5.41) is 3.99. The van der Waals surface area contributed by atoms with Gasteiger partial charge < -0.3 is 4.74 Å². The summed E-state index contributed by atoms with van der Waals surface area (Å²) in [5.74, 6) is -3.50. The minimum atomic E-state index is -0.663. The number of carbonyl (C=O) groups excluding carboxylic acids is 5. The number of esters is 1. The maximum atomic E-state index is 13.6. The lowest BCUT2D eigenvalue weighted by molar-refractivity contribution is -0.154. The normalized spacial score (nSPS) is 22.7. The molecule has 0 N–H and O–H groups in total. The highest BCUT2D eigenvalue weighted by atomic mass is 35.5. The summed E-state index contributed by atoms with van der Waals surface area (Å²) < 4.78 is 5.34. The average Bonchev–Trinajstić information content (AvgIpc) is 3.74. The van der Waals surface area contributed by atoms with Crippen LogP contribution in [0.1, 0.15) is 36.8 Å². The molecule has 1 aliphatic heterocycles. The van der Waals surface area contributed by atoms with Gasteiger partial charge in [-0.25, -0.2) is 9.80 Å². The molecule has 3 amide bonds. The van der Waals surface area contributed by atoms with Crippen LogP contribution >= 0.6 is 22.9 Å². The van der Waals surface area contributed by atoms with Crippen molar-refractivity contribution in [2.75, 3.05) is 6.54 Å². The Morgan fingerprint density at radius 2 is 1.51 bits per heavy atom. The van der Waals surface area contributed by atoms with Crippen LogP contribution in [-0.4, -0.2) is 46.0 Å². The van der Waals surface area contributed by atoms with Crippen molar-refractivity contribution in [1.82, 2.24) is 10.0 Å². The van der Waals surface area contributed by atoms with Gasteiger partial charge in [0.25, 0.3) is 17.7 Å². The number of imide groups is 1. The molecule has 3 aromatic rings. The third-order valence-electron chi connectivity index (χ3n) is 7.42. The lowest BCUT2D eigenvalue weighted by Gasteiger charge is -2.30. The number of halogens is 1. The Kier molecular flexibility index (Phi) is 6.40. The summed E-state index contributed by atoms with van der Waals surface area (Å²) in [5.41, 5.74) is 0.405. The molecule has 2 heterocycles. The summed E-state index contributed by atoms with van der Waals surface area (Å²) in [7, 11) is 0. The summed E-state index contributed by atoms with van der Waals surface area (Å²) in [4.78, 5) is 66.5. The zero-order valence-electron chi connectivity index (χ0n) is 20.4. The van der Waals surface area contributed by atoms with E-state index in [0.29, 0.717) is 9.90 Å². The molecule has 4 atom stereocenters. The topological polar surface area (TPSA) is 101 Å². The van der Waals surface area contributed by atoms with E-state index in [9.17, 15) is 24.0 Å². The van der Waals surface area contributed by atoms with Gasteiger partial charge in [-0.15, -0.1) is 11.3 Å². The van der Waals surface area contributed by atoms with Crippen LogP contribution in [0.3, 0.4) is 0 Å². The van der Waals surface area contributed by atoms with E-state index in [1.165, 1.54) is 59.9 Å². The van der Waals surface area contributed by atoms with Crippen LogP contribution in [0.5, 0.6) is 5.75 Å². The summed E-state index contributed by atoms with van der Waals surface area (Å²) in [6.07, 6.45) is 4.67. The van der Waals surface area contributed by atoms with E-state index >= 15 is 0 Å². The molecule has 0 unspecified atom stereocenters. The number of amides is 3. The highest BCUT2D eigenvalue weighted by Gasteiger charge is 2.61. The first kappa shape index (κ1) is 25.2.